The number of aromatic nitrogens is 1. The van der Waals surface area contributed by atoms with Gasteiger partial charge in [0.2, 0.25) is 5.91 Å². The van der Waals surface area contributed by atoms with Crippen LogP contribution in [0.1, 0.15) is 18.9 Å². The number of likely N-dealkylation sites (N-methyl/N-ethyl adjacent to an activating group) is 1. The van der Waals surface area contributed by atoms with Crippen molar-refractivity contribution in [3.63, 3.8) is 0 Å². The monoisotopic (exact) mass is 338 g/mol. The van der Waals surface area contributed by atoms with E-state index in [9.17, 15) is 9.59 Å². The number of carbonyl (C=O) groups excluding carboxylic acids is 2. The van der Waals surface area contributed by atoms with Gasteiger partial charge < -0.3 is 10.2 Å². The summed E-state index contributed by atoms with van der Waals surface area (Å²) in [7, 11) is 0. The summed E-state index contributed by atoms with van der Waals surface area (Å²) in [6, 6.07) is 13.4. The van der Waals surface area contributed by atoms with Gasteiger partial charge in [0.1, 0.15) is 5.82 Å². The average Bonchev–Trinajstić information content (AvgIpc) is 3.02. The van der Waals surface area contributed by atoms with Crippen LogP contribution >= 0.6 is 0 Å². The third kappa shape index (κ3) is 4.15. The van der Waals surface area contributed by atoms with Crippen molar-refractivity contribution in [3.8, 4) is 0 Å². The van der Waals surface area contributed by atoms with Crippen LogP contribution in [-0.4, -0.2) is 41.5 Å². The summed E-state index contributed by atoms with van der Waals surface area (Å²) in [5.41, 5.74) is 1.78. The van der Waals surface area contributed by atoms with Crippen molar-refractivity contribution in [2.45, 2.75) is 19.8 Å². The smallest absolute Gasteiger partial charge is 0.325 e. The zero-order valence-corrected chi connectivity index (χ0v) is 14.3. The van der Waals surface area contributed by atoms with Gasteiger partial charge in [0.25, 0.3) is 0 Å². The maximum atomic E-state index is 12.2. The number of nitrogens with one attached hydrogen (secondary N) is 1. The first-order valence-corrected chi connectivity index (χ1v) is 8.53. The van der Waals surface area contributed by atoms with Crippen molar-refractivity contribution in [2.24, 2.45) is 0 Å². The molecule has 0 unspecified atom stereocenters. The molecular weight excluding hydrogens is 316 g/mol. The lowest BCUT2D eigenvalue weighted by molar-refractivity contribution is -0.116. The number of aryl methyl sites for hydroxylation is 1. The summed E-state index contributed by atoms with van der Waals surface area (Å²) in [5.74, 6) is 0.566. The number of hydrogen-bond donors (Lipinski definition) is 1. The van der Waals surface area contributed by atoms with Gasteiger partial charge in [-0.05, 0) is 31.0 Å². The van der Waals surface area contributed by atoms with Gasteiger partial charge in [-0.2, -0.15) is 0 Å². The van der Waals surface area contributed by atoms with Gasteiger partial charge in [-0.1, -0.05) is 30.3 Å². The number of rotatable bonds is 6. The molecule has 6 nitrogen and oxygen atoms in total. The minimum absolute atomic E-state index is 0.0188. The number of carbonyl (C=O) groups is 2. The Bertz CT molecular complexity index is 731. The predicted octanol–water partition coefficient (Wildman–Crippen LogP) is 2.91. The fraction of sp³-hybridized carbons (Fsp3) is 0.316. The summed E-state index contributed by atoms with van der Waals surface area (Å²) < 4.78 is 0. The van der Waals surface area contributed by atoms with Gasteiger partial charge >= 0.3 is 6.03 Å². The zero-order valence-electron chi connectivity index (χ0n) is 14.3. The molecule has 1 aliphatic rings. The first-order valence-electron chi connectivity index (χ1n) is 8.53. The van der Waals surface area contributed by atoms with E-state index in [2.05, 4.69) is 10.3 Å². The number of amides is 3. The Morgan fingerprint density at radius 3 is 2.60 bits per heavy atom. The Hall–Kier alpha value is -2.89. The second-order valence-corrected chi connectivity index (χ2v) is 5.95. The summed E-state index contributed by atoms with van der Waals surface area (Å²) in [6.45, 7) is 4.02. The van der Waals surface area contributed by atoms with E-state index in [1.165, 1.54) is 0 Å². The number of benzene rings is 1. The summed E-state index contributed by atoms with van der Waals surface area (Å²) in [4.78, 5) is 32.0. The van der Waals surface area contributed by atoms with E-state index in [0.29, 0.717) is 37.4 Å². The molecule has 1 fully saturated rings. The molecular formula is C19H22N4O2. The van der Waals surface area contributed by atoms with Gasteiger partial charge in [-0.3, -0.25) is 9.69 Å². The molecule has 25 heavy (non-hydrogen) atoms. The minimum Gasteiger partial charge on any atom is -0.325 e. The third-order valence-corrected chi connectivity index (χ3v) is 4.27. The van der Waals surface area contributed by atoms with Crippen LogP contribution in [0.2, 0.25) is 0 Å². The van der Waals surface area contributed by atoms with Crippen LogP contribution in [0.15, 0.2) is 48.7 Å². The van der Waals surface area contributed by atoms with Crippen molar-refractivity contribution in [3.05, 3.63) is 54.2 Å². The Kier molecular flexibility index (Phi) is 5.28. The van der Waals surface area contributed by atoms with Gasteiger partial charge in [0, 0.05) is 26.1 Å². The fourth-order valence-corrected chi connectivity index (χ4v) is 2.83. The lowest BCUT2D eigenvalue weighted by Gasteiger charge is -2.16. The van der Waals surface area contributed by atoms with Crippen molar-refractivity contribution in [1.82, 2.24) is 9.88 Å². The predicted molar refractivity (Wildman–Crippen MR) is 97.6 cm³/mol. The molecule has 1 N–H and O–H groups in total. The molecule has 0 bridgehead atoms. The molecule has 3 amide bonds. The van der Waals surface area contributed by atoms with Crippen molar-refractivity contribution in [1.29, 1.82) is 0 Å². The van der Waals surface area contributed by atoms with Gasteiger partial charge in [-0.25, -0.2) is 9.78 Å². The lowest BCUT2D eigenvalue weighted by Crippen LogP contribution is -2.32. The highest BCUT2D eigenvalue weighted by Gasteiger charge is 2.28. The van der Waals surface area contributed by atoms with Crippen LogP contribution in [-0.2, 0) is 11.2 Å². The topological polar surface area (TPSA) is 65.5 Å². The first-order chi connectivity index (χ1) is 12.2. The highest BCUT2D eigenvalue weighted by molar-refractivity contribution is 5.94. The first kappa shape index (κ1) is 17.0. The van der Waals surface area contributed by atoms with Crippen LogP contribution in [0.25, 0.3) is 0 Å². The normalized spacial score (nSPS) is 14.0. The van der Waals surface area contributed by atoms with E-state index >= 15 is 0 Å². The Labute approximate surface area is 147 Å². The van der Waals surface area contributed by atoms with E-state index < -0.39 is 0 Å². The largest absolute Gasteiger partial charge is 0.325 e. The Morgan fingerprint density at radius 2 is 1.96 bits per heavy atom. The second kappa shape index (κ2) is 7.79. The minimum atomic E-state index is -0.0483. The van der Waals surface area contributed by atoms with Crippen LogP contribution in [0.5, 0.6) is 0 Å². The van der Waals surface area contributed by atoms with E-state index in [4.69, 9.17) is 0 Å². The van der Waals surface area contributed by atoms with Crippen LogP contribution < -0.4 is 10.2 Å². The number of hydrogen-bond acceptors (Lipinski definition) is 3. The lowest BCUT2D eigenvalue weighted by atomic mass is 10.1. The molecule has 2 heterocycles. The highest BCUT2D eigenvalue weighted by atomic mass is 16.2. The number of anilines is 2. The van der Waals surface area contributed by atoms with Crippen molar-refractivity contribution >= 4 is 23.4 Å². The molecule has 0 saturated carbocycles. The van der Waals surface area contributed by atoms with E-state index in [1.807, 2.05) is 37.3 Å². The standard InChI is InChI=1S/C19H22N4O2/c1-2-22-12-13-23(19(22)25)17-10-9-16(14-20-17)21-18(24)11-8-15-6-4-3-5-7-15/h3-7,9-10,14H,2,8,11-13H2,1H3,(H,21,24). The van der Waals surface area contributed by atoms with E-state index in [1.54, 1.807) is 28.1 Å². The molecule has 0 radical (unpaired) electrons. The Morgan fingerprint density at radius 1 is 1.16 bits per heavy atom. The van der Waals surface area contributed by atoms with E-state index in [0.717, 1.165) is 12.1 Å². The van der Waals surface area contributed by atoms with Gasteiger partial charge in [-0.15, -0.1) is 0 Å². The molecule has 1 aliphatic heterocycles. The maximum absolute atomic E-state index is 12.2. The van der Waals surface area contributed by atoms with Gasteiger partial charge in [0.15, 0.2) is 0 Å². The SMILES string of the molecule is CCN1CCN(c2ccc(NC(=O)CCc3ccccc3)cn2)C1=O. The number of nitrogens with zero attached hydrogens (tertiary/aromatic N) is 3. The number of pyridine rings is 1. The molecule has 0 aliphatic carbocycles. The molecule has 1 aromatic heterocycles. The zero-order chi connectivity index (χ0) is 17.6. The van der Waals surface area contributed by atoms with Crippen LogP contribution in [0, 0.1) is 0 Å². The molecule has 2 aromatic rings. The van der Waals surface area contributed by atoms with Gasteiger partial charge in [0.05, 0.1) is 11.9 Å². The summed E-state index contributed by atoms with van der Waals surface area (Å²) >= 11 is 0. The summed E-state index contributed by atoms with van der Waals surface area (Å²) in [6.07, 6.45) is 2.72. The highest BCUT2D eigenvalue weighted by Crippen LogP contribution is 2.19. The Balaban J connectivity index is 1.54. The summed E-state index contributed by atoms with van der Waals surface area (Å²) in [5, 5.41) is 2.85. The van der Waals surface area contributed by atoms with Crippen LogP contribution in [0.4, 0.5) is 16.3 Å². The van der Waals surface area contributed by atoms with Crippen molar-refractivity contribution in [2.75, 3.05) is 29.9 Å². The molecule has 6 heteroatoms. The number of urea groups is 1. The molecule has 1 saturated heterocycles. The van der Waals surface area contributed by atoms with Crippen molar-refractivity contribution < 1.29 is 9.59 Å². The molecule has 0 spiro atoms. The fourth-order valence-electron chi connectivity index (χ4n) is 2.83. The quantitative estimate of drug-likeness (QED) is 0.881. The van der Waals surface area contributed by atoms with Crippen LogP contribution in [0.3, 0.4) is 0 Å². The molecule has 3 rings (SSSR count). The second-order valence-electron chi connectivity index (χ2n) is 5.95. The molecule has 1 aromatic carbocycles. The third-order valence-electron chi connectivity index (χ3n) is 4.27. The average molecular weight is 338 g/mol. The maximum Gasteiger partial charge on any atom is 0.325 e. The van der Waals surface area contributed by atoms with E-state index in [-0.39, 0.29) is 11.9 Å². The molecule has 0 atom stereocenters. The molecule has 130 valence electrons.